The Bertz CT molecular complexity index is 885. The van der Waals surface area contributed by atoms with Crippen molar-refractivity contribution in [1.82, 2.24) is 3.48 Å². The van der Waals surface area contributed by atoms with Gasteiger partial charge < -0.3 is 0 Å². The van der Waals surface area contributed by atoms with E-state index in [0.717, 1.165) is 7.11 Å². The van der Waals surface area contributed by atoms with Crippen LogP contribution >= 0.6 is 6.75 Å². The molecular formula is C19H34F10NO5PS2. The first-order chi connectivity index (χ1) is 16.9. The minimum atomic E-state index is -7.79. The molecule has 0 atom stereocenters. The van der Waals surface area contributed by atoms with E-state index >= 15 is 0 Å². The number of hydrogen-bond donors (Lipinski definition) is 0. The molecule has 0 aliphatic rings. The summed E-state index contributed by atoms with van der Waals surface area (Å²) in [6, 6.07) is 0. The van der Waals surface area contributed by atoms with Crippen molar-refractivity contribution in [2.24, 2.45) is 0 Å². The molecule has 0 aliphatic carbocycles. The molecule has 0 amide bonds. The Balaban J connectivity index is 8.45. The fourth-order valence-electron chi connectivity index (χ4n) is 4.24. The Morgan fingerprint density at radius 2 is 0.895 bits per heavy atom. The average Bonchev–Trinajstić information content (AvgIpc) is 2.77. The van der Waals surface area contributed by atoms with Crippen LogP contribution in [0.2, 0.25) is 0 Å². The van der Waals surface area contributed by atoms with Crippen molar-refractivity contribution >= 4 is 26.8 Å². The van der Waals surface area contributed by atoms with Gasteiger partial charge in [-0.15, -0.1) is 0 Å². The van der Waals surface area contributed by atoms with Gasteiger partial charge >= 0.3 is 216 Å². The van der Waals surface area contributed by atoms with E-state index in [1.54, 1.807) is 0 Å². The van der Waals surface area contributed by atoms with Gasteiger partial charge in [0.15, 0.2) is 0 Å². The Kier molecular flexibility index (Phi) is 12.4. The van der Waals surface area contributed by atoms with Gasteiger partial charge in [0.2, 0.25) is 0 Å². The molecule has 0 fully saturated rings. The van der Waals surface area contributed by atoms with Crippen LogP contribution in [0.4, 0.5) is 43.9 Å². The summed E-state index contributed by atoms with van der Waals surface area (Å²) in [5.74, 6) is 0. The van der Waals surface area contributed by atoms with Gasteiger partial charge in [-0.2, -0.15) is 0 Å². The number of ether oxygens (including phenoxy) is 1. The molecular weight excluding hydrogens is 607 g/mol. The molecule has 19 heteroatoms. The van der Waals surface area contributed by atoms with Crippen LogP contribution in [0.1, 0.15) is 59.3 Å². The van der Waals surface area contributed by atoms with Gasteiger partial charge in [-0.05, 0) is 0 Å². The number of alkyl halides is 10. The summed E-state index contributed by atoms with van der Waals surface area (Å²) < 4.78 is 194. The number of halogens is 10. The second-order valence-corrected chi connectivity index (χ2v) is 19.5. The van der Waals surface area contributed by atoms with E-state index in [1.165, 1.54) is 20.8 Å². The van der Waals surface area contributed by atoms with Crippen molar-refractivity contribution < 1.29 is 65.5 Å². The zero-order valence-corrected chi connectivity index (χ0v) is 23.8. The molecule has 0 saturated heterocycles. The van der Waals surface area contributed by atoms with Gasteiger partial charge in [0.05, 0.1) is 0 Å². The zero-order chi connectivity index (χ0) is 30.5. The third kappa shape index (κ3) is 6.71. The van der Waals surface area contributed by atoms with Crippen LogP contribution in [-0.4, -0.2) is 81.5 Å². The molecule has 38 heavy (non-hydrogen) atoms. The summed E-state index contributed by atoms with van der Waals surface area (Å²) in [6.45, 7) is -2.02. The van der Waals surface area contributed by atoms with E-state index in [4.69, 9.17) is 4.74 Å². The molecule has 0 aromatic rings. The zero-order valence-electron chi connectivity index (χ0n) is 21.3. The van der Waals surface area contributed by atoms with Gasteiger partial charge in [0.25, 0.3) is 0 Å². The van der Waals surface area contributed by atoms with E-state index in [1.807, 2.05) is 0 Å². The van der Waals surface area contributed by atoms with Crippen LogP contribution in [0, 0.1) is 0 Å². The summed E-state index contributed by atoms with van der Waals surface area (Å²) in [7, 11) is -14.6. The number of nitrogens with zero attached hydrogens (tertiary/aromatic N) is 1. The van der Waals surface area contributed by atoms with Crippen molar-refractivity contribution in [3.8, 4) is 0 Å². The molecule has 0 heterocycles. The number of unbranched alkanes of at least 4 members (excludes halogenated alkanes) is 3. The first-order valence-electron chi connectivity index (χ1n) is 11.6. The van der Waals surface area contributed by atoms with Gasteiger partial charge in [-0.3, -0.25) is 0 Å². The second kappa shape index (κ2) is 12.6. The number of rotatable bonds is 17. The van der Waals surface area contributed by atoms with Gasteiger partial charge in [0, 0.05) is 0 Å². The van der Waals surface area contributed by atoms with Crippen LogP contribution in [0.15, 0.2) is 0 Å². The molecule has 0 radical (unpaired) electrons. The van der Waals surface area contributed by atoms with Crippen molar-refractivity contribution in [3.63, 3.8) is 0 Å². The summed E-state index contributed by atoms with van der Waals surface area (Å²) in [5, 5.41) is -14.0. The summed E-state index contributed by atoms with van der Waals surface area (Å²) in [4.78, 5) is 0. The van der Waals surface area contributed by atoms with Crippen molar-refractivity contribution in [3.05, 3.63) is 0 Å². The molecule has 232 valence electrons. The van der Waals surface area contributed by atoms with Gasteiger partial charge in [-0.25, -0.2) is 0 Å². The maximum atomic E-state index is 14.6. The molecule has 0 bridgehead atoms. The molecule has 0 saturated carbocycles. The average molecular weight is 642 g/mol. The van der Waals surface area contributed by atoms with E-state index in [0.29, 0.717) is 0 Å². The normalized spacial score (nSPS) is 16.0. The van der Waals surface area contributed by atoms with E-state index in [9.17, 15) is 60.7 Å². The molecule has 0 spiro atoms. The predicted octanol–water partition coefficient (Wildman–Crippen LogP) is 6.77. The first-order valence-corrected chi connectivity index (χ1v) is 17.4. The van der Waals surface area contributed by atoms with Gasteiger partial charge in [-0.1, -0.05) is 0 Å². The summed E-state index contributed by atoms with van der Waals surface area (Å²) in [5.41, 5.74) is 0. The molecule has 0 unspecified atom stereocenters. The monoisotopic (exact) mass is 641 g/mol. The number of sulfonamides is 2. The third-order valence-corrected chi connectivity index (χ3v) is 20.8. The van der Waals surface area contributed by atoms with E-state index in [-0.39, 0.29) is 38.5 Å². The fraction of sp³-hybridized carbons (Fsp3) is 1.00. The van der Waals surface area contributed by atoms with Crippen molar-refractivity contribution in [1.29, 1.82) is 0 Å². The molecule has 0 aromatic carbocycles. The fourth-order valence-corrected chi connectivity index (χ4v) is 20.3. The Hall–Kier alpha value is -0.450. The van der Waals surface area contributed by atoms with Crippen LogP contribution < -0.4 is 0 Å². The van der Waals surface area contributed by atoms with Crippen molar-refractivity contribution in [2.75, 3.05) is 38.4 Å². The summed E-state index contributed by atoms with van der Waals surface area (Å²) in [6.07, 6.45) is -18.0. The van der Waals surface area contributed by atoms with E-state index < -0.39 is 84.4 Å². The van der Waals surface area contributed by atoms with E-state index in [2.05, 4.69) is 0 Å². The van der Waals surface area contributed by atoms with Crippen LogP contribution in [0.25, 0.3) is 0 Å². The molecule has 0 N–H and O–H groups in total. The quantitative estimate of drug-likeness (QED) is 0.129. The second-order valence-electron chi connectivity index (χ2n) is 9.07. The predicted molar refractivity (Wildman–Crippen MR) is 125 cm³/mol. The Morgan fingerprint density at radius 3 is 1.11 bits per heavy atom. The number of hydrogen-bond acceptors (Lipinski definition) is 5. The standard InChI is InChI=1S/C19H34F10NO5PS2/c1-5-8-12-36(13-9-6-2,14-10-7-3,15-11-35-4)30(37(31,32)18(26,27)16(20,21)22)38(33,34)19(28,29)17(23,24)25/h5-15H2,1-4H3. The topological polar surface area (TPSA) is 80.8 Å². The van der Waals surface area contributed by atoms with Gasteiger partial charge in [0.1, 0.15) is 0 Å². The third-order valence-electron chi connectivity index (χ3n) is 6.31. The molecule has 0 aliphatic heterocycles. The van der Waals surface area contributed by atoms with Crippen LogP contribution in [-0.2, 0) is 24.8 Å². The SMILES string of the molecule is CCCCP(CCCC)(CCCC)(CCOC)N(S(=O)(=O)C(F)(F)C(F)(F)F)S(=O)(=O)C(F)(F)C(F)(F)F. The Morgan fingerprint density at radius 1 is 0.605 bits per heavy atom. The molecule has 6 nitrogen and oxygen atoms in total. The molecule has 0 aromatic heterocycles. The maximum absolute atomic E-state index is 14.6. The minimum absolute atomic E-state index is 0.0579. The van der Waals surface area contributed by atoms with Crippen LogP contribution in [0.3, 0.4) is 0 Å². The summed E-state index contributed by atoms with van der Waals surface area (Å²) >= 11 is 0. The van der Waals surface area contributed by atoms with Crippen molar-refractivity contribution in [2.45, 2.75) is 82.2 Å². The first kappa shape index (κ1) is 37.6. The Labute approximate surface area is 216 Å². The van der Waals surface area contributed by atoms with Crippen LogP contribution in [0.5, 0.6) is 0 Å². The number of methoxy groups -OCH3 is 1. The molecule has 0 rings (SSSR count).